The first-order valence-corrected chi connectivity index (χ1v) is 6.89. The van der Waals surface area contributed by atoms with Crippen molar-refractivity contribution in [2.75, 3.05) is 0 Å². The molecule has 2 aromatic heterocycles. The molecular formula is C12H14N2S2. The molecule has 1 atom stereocenters. The van der Waals surface area contributed by atoms with Gasteiger partial charge in [0.25, 0.3) is 0 Å². The number of fused-ring (bicyclic) bond motifs is 3. The fraction of sp³-hybridized carbons (Fsp3) is 0.500. The quantitative estimate of drug-likeness (QED) is 0.721. The van der Waals surface area contributed by atoms with Crippen LogP contribution in [0.1, 0.15) is 29.6 Å². The lowest BCUT2D eigenvalue weighted by Gasteiger charge is -2.17. The van der Waals surface area contributed by atoms with E-state index in [9.17, 15) is 0 Å². The largest absolute Gasteiger partial charge is 0.334 e. The number of aromatic nitrogens is 2. The fourth-order valence-corrected chi connectivity index (χ4v) is 4.33. The molecule has 3 rings (SSSR count). The van der Waals surface area contributed by atoms with Crippen molar-refractivity contribution in [1.29, 1.82) is 0 Å². The van der Waals surface area contributed by atoms with E-state index in [0.717, 1.165) is 21.2 Å². The predicted octanol–water partition coefficient (Wildman–Crippen LogP) is 3.79. The van der Waals surface area contributed by atoms with Gasteiger partial charge in [0.1, 0.15) is 15.3 Å². The molecule has 1 unspecified atom stereocenters. The number of aryl methyl sites for hydroxylation is 2. The zero-order chi connectivity index (χ0) is 11.3. The van der Waals surface area contributed by atoms with Crippen LogP contribution in [0, 0.1) is 17.5 Å². The van der Waals surface area contributed by atoms with E-state index in [1.54, 1.807) is 0 Å². The van der Waals surface area contributed by atoms with Crippen molar-refractivity contribution in [3.63, 3.8) is 0 Å². The lowest BCUT2D eigenvalue weighted by Crippen LogP contribution is -2.08. The van der Waals surface area contributed by atoms with E-state index in [1.165, 1.54) is 35.1 Å². The second-order valence-electron chi connectivity index (χ2n) is 4.68. The topological polar surface area (TPSA) is 28.7 Å². The molecule has 2 aromatic rings. The zero-order valence-electron chi connectivity index (χ0n) is 9.46. The molecule has 1 aliphatic rings. The predicted molar refractivity (Wildman–Crippen MR) is 70.7 cm³/mol. The molecule has 2 nitrogen and oxygen atoms in total. The minimum atomic E-state index is 0.805. The van der Waals surface area contributed by atoms with Crippen molar-refractivity contribution >= 4 is 33.8 Å². The molecule has 0 amide bonds. The smallest absolute Gasteiger partial charge is 0.128 e. The molecule has 0 radical (unpaired) electrons. The Hall–Kier alpha value is -0.740. The first-order valence-electron chi connectivity index (χ1n) is 5.66. The normalized spacial score (nSPS) is 20.0. The average molecular weight is 250 g/mol. The van der Waals surface area contributed by atoms with Gasteiger partial charge in [0.2, 0.25) is 0 Å². The van der Waals surface area contributed by atoms with Crippen LogP contribution < -0.4 is 0 Å². The highest BCUT2D eigenvalue weighted by Gasteiger charge is 2.21. The van der Waals surface area contributed by atoms with Crippen molar-refractivity contribution < 1.29 is 0 Å². The monoisotopic (exact) mass is 250 g/mol. The number of H-pyrrole nitrogens is 1. The number of thiophene rings is 1. The maximum absolute atomic E-state index is 5.42. The van der Waals surface area contributed by atoms with Gasteiger partial charge in [-0.3, -0.25) is 0 Å². The standard InChI is InChI=1S/C12H14N2S2/c1-6-3-4-8-9(5-6)16-12-10(8)11(15)13-7(2)14-12/h6H,3-5H2,1-2H3,(H,13,14,15). The molecule has 2 heterocycles. The third-order valence-corrected chi connectivity index (χ3v) is 4.74. The van der Waals surface area contributed by atoms with E-state index >= 15 is 0 Å². The molecule has 0 aliphatic heterocycles. The highest BCUT2D eigenvalue weighted by molar-refractivity contribution is 7.71. The summed E-state index contributed by atoms with van der Waals surface area (Å²) in [6.45, 7) is 4.29. The van der Waals surface area contributed by atoms with Gasteiger partial charge in [0.15, 0.2) is 0 Å². The fourth-order valence-electron chi connectivity index (χ4n) is 2.46. The van der Waals surface area contributed by atoms with Gasteiger partial charge in [-0.2, -0.15) is 0 Å². The number of rotatable bonds is 0. The maximum Gasteiger partial charge on any atom is 0.128 e. The van der Waals surface area contributed by atoms with E-state index in [2.05, 4.69) is 16.9 Å². The Labute approximate surface area is 104 Å². The van der Waals surface area contributed by atoms with Crippen LogP contribution >= 0.6 is 23.6 Å². The summed E-state index contributed by atoms with van der Waals surface area (Å²) >= 11 is 7.25. The molecule has 16 heavy (non-hydrogen) atoms. The van der Waals surface area contributed by atoms with E-state index in [4.69, 9.17) is 12.2 Å². The molecule has 1 N–H and O–H groups in total. The van der Waals surface area contributed by atoms with E-state index < -0.39 is 0 Å². The summed E-state index contributed by atoms with van der Waals surface area (Å²) in [5, 5.41) is 1.22. The number of nitrogens with one attached hydrogen (secondary N) is 1. The highest BCUT2D eigenvalue weighted by atomic mass is 32.1. The van der Waals surface area contributed by atoms with E-state index in [-0.39, 0.29) is 0 Å². The summed E-state index contributed by atoms with van der Waals surface area (Å²) in [4.78, 5) is 10.4. The van der Waals surface area contributed by atoms with Crippen LogP contribution in [-0.4, -0.2) is 9.97 Å². The SMILES string of the molecule is Cc1nc2sc3c(c2c(=S)[nH]1)CCC(C)C3. The summed E-state index contributed by atoms with van der Waals surface area (Å²) in [5.41, 5.74) is 1.46. The molecule has 1 aliphatic carbocycles. The number of hydrogen-bond acceptors (Lipinski definition) is 3. The van der Waals surface area contributed by atoms with Crippen LogP contribution in [0.4, 0.5) is 0 Å². The Balaban J connectivity index is 2.33. The summed E-state index contributed by atoms with van der Waals surface area (Å²) < 4.78 is 0.870. The molecule has 0 bridgehead atoms. The van der Waals surface area contributed by atoms with Gasteiger partial charge < -0.3 is 4.98 Å². The average Bonchev–Trinajstić information content (AvgIpc) is 2.54. The lowest BCUT2D eigenvalue weighted by molar-refractivity contribution is 0.509. The van der Waals surface area contributed by atoms with Crippen LogP contribution in [0.15, 0.2) is 0 Å². The summed E-state index contributed by atoms with van der Waals surface area (Å²) in [6.07, 6.45) is 3.64. The second-order valence-corrected chi connectivity index (χ2v) is 6.18. The van der Waals surface area contributed by atoms with Crippen LogP contribution in [0.25, 0.3) is 10.2 Å². The molecular weight excluding hydrogens is 236 g/mol. The number of hydrogen-bond donors (Lipinski definition) is 1. The molecule has 0 fully saturated rings. The first kappa shape index (κ1) is 10.4. The van der Waals surface area contributed by atoms with Gasteiger partial charge >= 0.3 is 0 Å². The van der Waals surface area contributed by atoms with Crippen molar-refractivity contribution in [3.8, 4) is 0 Å². The summed E-state index contributed by atoms with van der Waals surface area (Å²) in [5.74, 6) is 1.73. The lowest BCUT2D eigenvalue weighted by atomic mass is 9.89. The third-order valence-electron chi connectivity index (χ3n) is 3.28. The Bertz CT molecular complexity index is 609. The molecule has 0 saturated heterocycles. The zero-order valence-corrected chi connectivity index (χ0v) is 11.1. The Morgan fingerprint density at radius 1 is 1.50 bits per heavy atom. The number of aromatic amines is 1. The summed E-state index contributed by atoms with van der Waals surface area (Å²) in [6, 6.07) is 0. The Morgan fingerprint density at radius 3 is 3.12 bits per heavy atom. The molecule has 84 valence electrons. The molecule has 0 aromatic carbocycles. The van der Waals surface area contributed by atoms with Crippen molar-refractivity contribution in [3.05, 3.63) is 20.9 Å². The minimum Gasteiger partial charge on any atom is -0.334 e. The van der Waals surface area contributed by atoms with Crippen molar-refractivity contribution in [1.82, 2.24) is 9.97 Å². The van der Waals surface area contributed by atoms with E-state index in [1.807, 2.05) is 18.3 Å². The first-order chi connectivity index (χ1) is 7.65. The molecule has 0 saturated carbocycles. The van der Waals surface area contributed by atoms with Crippen molar-refractivity contribution in [2.45, 2.75) is 33.1 Å². The summed E-state index contributed by atoms with van der Waals surface area (Å²) in [7, 11) is 0. The van der Waals surface area contributed by atoms with Crippen LogP contribution in [0.3, 0.4) is 0 Å². The second kappa shape index (κ2) is 3.64. The minimum absolute atomic E-state index is 0.805. The van der Waals surface area contributed by atoms with Crippen LogP contribution in [0.5, 0.6) is 0 Å². The third kappa shape index (κ3) is 1.52. The van der Waals surface area contributed by atoms with Gasteiger partial charge in [0.05, 0.1) is 0 Å². The van der Waals surface area contributed by atoms with Crippen LogP contribution in [0.2, 0.25) is 0 Å². The highest BCUT2D eigenvalue weighted by Crippen LogP contribution is 2.37. The maximum atomic E-state index is 5.42. The van der Waals surface area contributed by atoms with Crippen LogP contribution in [-0.2, 0) is 12.8 Å². The Kier molecular flexibility index (Phi) is 2.37. The molecule has 4 heteroatoms. The number of nitrogens with zero attached hydrogens (tertiary/aromatic N) is 1. The van der Waals surface area contributed by atoms with Gasteiger partial charge in [-0.15, -0.1) is 11.3 Å². The molecule has 0 spiro atoms. The van der Waals surface area contributed by atoms with Gasteiger partial charge in [-0.1, -0.05) is 19.1 Å². The Morgan fingerprint density at radius 2 is 2.31 bits per heavy atom. The van der Waals surface area contributed by atoms with Gasteiger partial charge in [-0.25, -0.2) is 4.98 Å². The van der Waals surface area contributed by atoms with Gasteiger partial charge in [-0.05, 0) is 37.7 Å². The van der Waals surface area contributed by atoms with Gasteiger partial charge in [0, 0.05) is 10.3 Å². The van der Waals surface area contributed by atoms with Crippen molar-refractivity contribution in [2.24, 2.45) is 5.92 Å². The van der Waals surface area contributed by atoms with E-state index in [0.29, 0.717) is 0 Å².